The van der Waals surface area contributed by atoms with Gasteiger partial charge in [-0.05, 0) is 51.0 Å². The average Bonchev–Trinajstić information content (AvgIpc) is 3.06. The molecule has 0 radical (unpaired) electrons. The van der Waals surface area contributed by atoms with E-state index in [0.717, 1.165) is 10.5 Å². The molecule has 0 bridgehead atoms. The van der Waals surface area contributed by atoms with Crippen LogP contribution < -0.4 is 16.4 Å². The van der Waals surface area contributed by atoms with Crippen molar-refractivity contribution in [1.82, 2.24) is 0 Å². The van der Waals surface area contributed by atoms with Crippen LogP contribution in [0.15, 0.2) is 57.4 Å². The van der Waals surface area contributed by atoms with E-state index in [1.165, 1.54) is 0 Å². The van der Waals surface area contributed by atoms with Crippen molar-refractivity contribution in [2.45, 2.75) is 38.8 Å². The maximum Gasteiger partial charge on any atom is 0.421 e. The van der Waals surface area contributed by atoms with Gasteiger partial charge in [-0.2, -0.15) is 0 Å². The summed E-state index contributed by atoms with van der Waals surface area (Å²) >= 11 is 3.36. The number of nitrogens with zero attached hydrogens (tertiary/aromatic N) is 1. The highest BCUT2D eigenvalue weighted by Gasteiger charge is 2.37. The minimum atomic E-state index is -1.09. The minimum Gasteiger partial charge on any atom is -0.449 e. The van der Waals surface area contributed by atoms with Crippen molar-refractivity contribution in [2.24, 2.45) is 11.5 Å². The zero-order valence-corrected chi connectivity index (χ0v) is 19.5. The van der Waals surface area contributed by atoms with Gasteiger partial charge in [0.25, 0.3) is 11.8 Å². The van der Waals surface area contributed by atoms with Gasteiger partial charge < -0.3 is 20.6 Å². The summed E-state index contributed by atoms with van der Waals surface area (Å²) in [5.41, 5.74) is 11.8. The summed E-state index contributed by atoms with van der Waals surface area (Å²) < 4.78 is 11.7. The number of nitrogens with two attached hydrogens (primary N) is 2. The van der Waals surface area contributed by atoms with Crippen molar-refractivity contribution in [2.75, 3.05) is 4.90 Å². The molecular formula is C23H24BrN3O5. The van der Waals surface area contributed by atoms with Crippen molar-refractivity contribution in [3.05, 3.63) is 64.3 Å². The topological polar surface area (TPSA) is 129 Å². The number of anilines is 1. The molecule has 8 nitrogen and oxygen atoms in total. The first-order valence-corrected chi connectivity index (χ1v) is 10.7. The maximum atomic E-state index is 13.5. The molecular weight excluding hydrogens is 478 g/mol. The Bertz CT molecular complexity index is 1170. The van der Waals surface area contributed by atoms with E-state index < -0.39 is 29.6 Å². The van der Waals surface area contributed by atoms with Gasteiger partial charge in [-0.1, -0.05) is 46.3 Å². The third-order valence-electron chi connectivity index (χ3n) is 4.48. The third-order valence-corrected chi connectivity index (χ3v) is 4.98. The fourth-order valence-electron chi connectivity index (χ4n) is 3.17. The van der Waals surface area contributed by atoms with Crippen LogP contribution in [-0.4, -0.2) is 29.6 Å². The summed E-state index contributed by atoms with van der Waals surface area (Å²) in [6, 6.07) is 13.0. The van der Waals surface area contributed by atoms with Gasteiger partial charge >= 0.3 is 6.09 Å². The molecule has 168 valence electrons. The number of furan rings is 1. The zero-order valence-electron chi connectivity index (χ0n) is 17.9. The Balaban J connectivity index is 2.14. The van der Waals surface area contributed by atoms with Crippen LogP contribution in [0.5, 0.6) is 0 Å². The number of rotatable bonds is 5. The Hall–Kier alpha value is -3.17. The Morgan fingerprint density at radius 2 is 1.78 bits per heavy atom. The van der Waals surface area contributed by atoms with E-state index in [1.807, 2.05) is 30.3 Å². The molecule has 3 aromatic rings. The van der Waals surface area contributed by atoms with Crippen molar-refractivity contribution >= 4 is 50.5 Å². The molecule has 1 unspecified atom stereocenters. The molecule has 0 aliphatic heterocycles. The number of ether oxygens (including phenoxy) is 1. The number of fused-ring (bicyclic) bond motifs is 1. The maximum absolute atomic E-state index is 13.5. The molecule has 9 heteroatoms. The first kappa shape index (κ1) is 23.5. The highest BCUT2D eigenvalue weighted by Crippen LogP contribution is 2.37. The van der Waals surface area contributed by atoms with Gasteiger partial charge in [0.2, 0.25) is 5.76 Å². The Labute approximate surface area is 193 Å². The van der Waals surface area contributed by atoms with Crippen molar-refractivity contribution in [1.29, 1.82) is 0 Å². The van der Waals surface area contributed by atoms with Crippen molar-refractivity contribution in [3.63, 3.8) is 0 Å². The molecule has 1 heterocycles. The fourth-order valence-corrected chi connectivity index (χ4v) is 3.53. The first-order chi connectivity index (χ1) is 15.0. The molecule has 4 N–H and O–H groups in total. The van der Waals surface area contributed by atoms with Crippen LogP contribution in [0.1, 0.15) is 36.9 Å². The summed E-state index contributed by atoms with van der Waals surface area (Å²) in [6.45, 7) is 4.99. The third kappa shape index (κ3) is 5.17. The number of benzene rings is 2. The fraction of sp³-hybridized carbons (Fsp3) is 0.261. The van der Waals surface area contributed by atoms with Crippen LogP contribution in [0.4, 0.5) is 10.5 Å². The molecule has 1 aromatic heterocycles. The smallest absolute Gasteiger partial charge is 0.421 e. The Morgan fingerprint density at radius 3 is 2.38 bits per heavy atom. The van der Waals surface area contributed by atoms with E-state index in [-0.39, 0.29) is 23.5 Å². The van der Waals surface area contributed by atoms with Gasteiger partial charge in [0.15, 0.2) is 0 Å². The normalized spacial score (nSPS) is 12.4. The van der Waals surface area contributed by atoms with Crippen LogP contribution >= 0.6 is 15.9 Å². The van der Waals surface area contributed by atoms with Gasteiger partial charge in [0.1, 0.15) is 16.9 Å². The number of primary amides is 1. The Kier molecular flexibility index (Phi) is 6.71. The molecule has 0 fully saturated rings. The van der Waals surface area contributed by atoms with Crippen LogP contribution in [0.25, 0.3) is 11.0 Å². The SMILES string of the molecule is CC(C)(C)OC(=O)N(C(=O)C(N)Cc1ccccc1)c1c(C(N)=O)oc2ccc(Br)cc12. The number of carbonyl (C=O) groups is 3. The lowest BCUT2D eigenvalue weighted by Gasteiger charge is -2.27. The lowest BCUT2D eigenvalue weighted by atomic mass is 10.0. The van der Waals surface area contributed by atoms with Crippen LogP contribution in [0, 0.1) is 0 Å². The lowest BCUT2D eigenvalue weighted by Crippen LogP contribution is -2.50. The molecule has 0 saturated carbocycles. The predicted octanol–water partition coefficient (Wildman–Crippen LogP) is 4.13. The zero-order chi connectivity index (χ0) is 23.6. The molecule has 1 atom stereocenters. The first-order valence-electron chi connectivity index (χ1n) is 9.86. The monoisotopic (exact) mass is 501 g/mol. The quantitative estimate of drug-likeness (QED) is 0.540. The average molecular weight is 502 g/mol. The van der Waals surface area contributed by atoms with Crippen molar-refractivity contribution < 1.29 is 23.5 Å². The van der Waals surface area contributed by atoms with E-state index in [2.05, 4.69) is 15.9 Å². The van der Waals surface area contributed by atoms with E-state index in [9.17, 15) is 14.4 Å². The van der Waals surface area contributed by atoms with E-state index in [4.69, 9.17) is 20.6 Å². The van der Waals surface area contributed by atoms with Crippen molar-refractivity contribution in [3.8, 4) is 0 Å². The molecule has 2 aromatic carbocycles. The minimum absolute atomic E-state index is 0.100. The largest absolute Gasteiger partial charge is 0.449 e. The standard InChI is InChI=1S/C23H24BrN3O5/c1-23(2,3)32-22(30)27(21(29)16(25)11-13-7-5-4-6-8-13)18-15-12-14(24)9-10-17(15)31-19(18)20(26)28/h4-10,12,16H,11,25H2,1-3H3,(H2,26,28). The molecule has 0 aliphatic carbocycles. The van der Waals surface area contributed by atoms with E-state index >= 15 is 0 Å². The van der Waals surface area contributed by atoms with E-state index in [1.54, 1.807) is 39.0 Å². The molecule has 0 saturated heterocycles. The summed E-state index contributed by atoms with van der Waals surface area (Å²) in [5, 5.41) is 0.333. The highest BCUT2D eigenvalue weighted by molar-refractivity contribution is 9.10. The molecule has 32 heavy (non-hydrogen) atoms. The van der Waals surface area contributed by atoms with Crippen LogP contribution in [0.3, 0.4) is 0 Å². The summed E-state index contributed by atoms with van der Waals surface area (Å²) in [5.74, 6) is -2.04. The van der Waals surface area contributed by atoms with Crippen LogP contribution in [0.2, 0.25) is 0 Å². The number of carbonyl (C=O) groups excluding carboxylic acids is 3. The van der Waals surface area contributed by atoms with Gasteiger partial charge in [0, 0.05) is 9.86 Å². The summed E-state index contributed by atoms with van der Waals surface area (Å²) in [6.07, 6.45) is -0.819. The number of hydrogen-bond donors (Lipinski definition) is 2. The molecule has 3 rings (SSSR count). The second-order valence-corrected chi connectivity index (χ2v) is 9.15. The molecule has 0 spiro atoms. The highest BCUT2D eigenvalue weighted by atomic mass is 79.9. The van der Waals surface area contributed by atoms with Gasteiger partial charge in [-0.25, -0.2) is 9.69 Å². The lowest BCUT2D eigenvalue weighted by molar-refractivity contribution is -0.119. The van der Waals surface area contributed by atoms with Gasteiger partial charge in [0.05, 0.1) is 6.04 Å². The number of halogens is 1. The van der Waals surface area contributed by atoms with Gasteiger partial charge in [-0.3, -0.25) is 9.59 Å². The number of amides is 3. The second kappa shape index (κ2) is 9.13. The molecule has 3 amide bonds. The second-order valence-electron chi connectivity index (χ2n) is 8.23. The summed E-state index contributed by atoms with van der Waals surface area (Å²) in [4.78, 5) is 39.6. The number of hydrogen-bond acceptors (Lipinski definition) is 6. The van der Waals surface area contributed by atoms with Crippen LogP contribution in [-0.2, 0) is 16.0 Å². The number of imide groups is 1. The Morgan fingerprint density at radius 1 is 1.12 bits per heavy atom. The predicted molar refractivity (Wildman–Crippen MR) is 124 cm³/mol. The van der Waals surface area contributed by atoms with E-state index in [0.29, 0.717) is 9.86 Å². The molecule has 0 aliphatic rings. The van der Waals surface area contributed by atoms with Gasteiger partial charge in [-0.15, -0.1) is 0 Å². The summed E-state index contributed by atoms with van der Waals surface area (Å²) in [7, 11) is 0.